The second kappa shape index (κ2) is 11.3. The Bertz CT molecular complexity index is 393. The number of carbonyl (C=O) groups is 1. The lowest BCUT2D eigenvalue weighted by Crippen LogP contribution is -2.52. The number of morpholine rings is 1. The largest absolute Gasteiger partial charge is 0.466 e. The van der Waals surface area contributed by atoms with Gasteiger partial charge in [0.1, 0.15) is 0 Å². The van der Waals surface area contributed by atoms with Gasteiger partial charge in [-0.2, -0.15) is 0 Å². The van der Waals surface area contributed by atoms with Crippen LogP contribution < -0.4 is 10.6 Å². The second-order valence-electron chi connectivity index (χ2n) is 6.44. The molecule has 1 aliphatic heterocycles. The normalized spacial score (nSPS) is 16.8. The highest BCUT2D eigenvalue weighted by Crippen LogP contribution is 2.16. The van der Waals surface area contributed by atoms with Crippen LogP contribution in [0.2, 0.25) is 0 Å². The van der Waals surface area contributed by atoms with Gasteiger partial charge in [-0.25, -0.2) is 0 Å². The Morgan fingerprint density at radius 2 is 1.96 bits per heavy atom. The lowest BCUT2D eigenvalue weighted by Gasteiger charge is -2.39. The third kappa shape index (κ3) is 7.97. The van der Waals surface area contributed by atoms with Crippen molar-refractivity contribution in [2.75, 3.05) is 52.5 Å². The lowest BCUT2D eigenvalue weighted by molar-refractivity contribution is -0.143. The van der Waals surface area contributed by atoms with E-state index >= 15 is 0 Å². The highest BCUT2D eigenvalue weighted by Gasteiger charge is 2.28. The molecule has 0 radical (unpaired) electrons. The number of hydrogen-bond donors (Lipinski definition) is 2. The van der Waals surface area contributed by atoms with E-state index in [9.17, 15) is 4.79 Å². The SMILES string of the molecule is CCNC(=NCC(C)(C)N1CCOCC1)NCCCC(=O)OCC. The van der Waals surface area contributed by atoms with Gasteiger partial charge in [-0.1, -0.05) is 0 Å². The Kier molecular flexibility index (Phi) is 9.71. The predicted octanol–water partition coefficient (Wildman–Crippen LogP) is 0.996. The molecule has 0 aromatic rings. The van der Waals surface area contributed by atoms with Crippen molar-refractivity contribution in [3.05, 3.63) is 0 Å². The van der Waals surface area contributed by atoms with Gasteiger partial charge in [0.2, 0.25) is 0 Å². The summed E-state index contributed by atoms with van der Waals surface area (Å²) in [7, 11) is 0. The van der Waals surface area contributed by atoms with Gasteiger partial charge in [0.05, 0.1) is 26.4 Å². The molecule has 24 heavy (non-hydrogen) atoms. The molecule has 1 aliphatic rings. The van der Waals surface area contributed by atoms with Gasteiger partial charge >= 0.3 is 5.97 Å². The molecule has 0 spiro atoms. The van der Waals surface area contributed by atoms with Gasteiger partial charge in [-0.15, -0.1) is 0 Å². The minimum absolute atomic E-state index is 0.00291. The van der Waals surface area contributed by atoms with Crippen molar-refractivity contribution in [1.29, 1.82) is 0 Å². The van der Waals surface area contributed by atoms with Crippen LogP contribution in [0, 0.1) is 0 Å². The Labute approximate surface area is 146 Å². The van der Waals surface area contributed by atoms with Crippen molar-refractivity contribution in [2.24, 2.45) is 4.99 Å². The van der Waals surface area contributed by atoms with E-state index in [1.165, 1.54) is 0 Å². The van der Waals surface area contributed by atoms with E-state index in [0.29, 0.717) is 26.1 Å². The number of ether oxygens (including phenoxy) is 2. The fourth-order valence-corrected chi connectivity index (χ4v) is 2.56. The molecule has 140 valence electrons. The Balaban J connectivity index is 2.41. The zero-order valence-corrected chi connectivity index (χ0v) is 15.7. The van der Waals surface area contributed by atoms with Crippen LogP contribution in [0.15, 0.2) is 4.99 Å². The number of nitrogens with zero attached hydrogens (tertiary/aromatic N) is 2. The van der Waals surface area contributed by atoms with E-state index in [2.05, 4.69) is 29.4 Å². The summed E-state index contributed by atoms with van der Waals surface area (Å²) < 4.78 is 10.3. The lowest BCUT2D eigenvalue weighted by atomic mass is 10.0. The molecule has 7 nitrogen and oxygen atoms in total. The highest BCUT2D eigenvalue weighted by molar-refractivity contribution is 5.79. The summed E-state index contributed by atoms with van der Waals surface area (Å²) in [6, 6.07) is 0. The Hall–Kier alpha value is -1.34. The molecular weight excluding hydrogens is 308 g/mol. The Morgan fingerprint density at radius 1 is 1.25 bits per heavy atom. The van der Waals surface area contributed by atoms with Crippen LogP contribution >= 0.6 is 0 Å². The van der Waals surface area contributed by atoms with E-state index in [4.69, 9.17) is 14.5 Å². The molecule has 1 saturated heterocycles. The molecule has 0 amide bonds. The monoisotopic (exact) mass is 342 g/mol. The highest BCUT2D eigenvalue weighted by atomic mass is 16.5. The smallest absolute Gasteiger partial charge is 0.305 e. The van der Waals surface area contributed by atoms with Crippen molar-refractivity contribution in [3.8, 4) is 0 Å². The molecule has 0 aliphatic carbocycles. The summed E-state index contributed by atoms with van der Waals surface area (Å²) in [4.78, 5) is 18.5. The first kappa shape index (κ1) is 20.7. The second-order valence-corrected chi connectivity index (χ2v) is 6.44. The maximum Gasteiger partial charge on any atom is 0.305 e. The number of hydrogen-bond acceptors (Lipinski definition) is 5. The molecular formula is C17H34N4O3. The van der Waals surface area contributed by atoms with Crippen LogP contribution in [0.3, 0.4) is 0 Å². The van der Waals surface area contributed by atoms with Crippen molar-refractivity contribution in [3.63, 3.8) is 0 Å². The van der Waals surface area contributed by atoms with E-state index in [1.54, 1.807) is 0 Å². The molecule has 0 unspecified atom stereocenters. The van der Waals surface area contributed by atoms with Crippen molar-refractivity contribution in [2.45, 2.75) is 46.1 Å². The summed E-state index contributed by atoms with van der Waals surface area (Å²) >= 11 is 0. The number of aliphatic imine (C=N–C) groups is 1. The molecule has 1 rings (SSSR count). The molecule has 0 atom stereocenters. The zero-order valence-electron chi connectivity index (χ0n) is 15.7. The van der Waals surface area contributed by atoms with Crippen LogP contribution in [-0.2, 0) is 14.3 Å². The predicted molar refractivity (Wildman–Crippen MR) is 96.3 cm³/mol. The molecule has 0 saturated carbocycles. The van der Waals surface area contributed by atoms with E-state index in [1.807, 2.05) is 13.8 Å². The quantitative estimate of drug-likeness (QED) is 0.282. The topological polar surface area (TPSA) is 75.2 Å². The van der Waals surface area contributed by atoms with Crippen LogP contribution in [0.1, 0.15) is 40.5 Å². The van der Waals surface area contributed by atoms with Gasteiger partial charge < -0.3 is 20.1 Å². The molecule has 1 fully saturated rings. The van der Waals surface area contributed by atoms with Gasteiger partial charge in [0.25, 0.3) is 0 Å². The molecule has 2 N–H and O–H groups in total. The van der Waals surface area contributed by atoms with Gasteiger partial charge in [0.15, 0.2) is 5.96 Å². The maximum absolute atomic E-state index is 11.3. The summed E-state index contributed by atoms with van der Waals surface area (Å²) in [5.74, 6) is 0.650. The summed E-state index contributed by atoms with van der Waals surface area (Å²) in [5, 5.41) is 6.53. The number of carbonyl (C=O) groups excluding carboxylic acids is 1. The molecule has 1 heterocycles. The van der Waals surface area contributed by atoms with E-state index in [0.717, 1.165) is 45.2 Å². The van der Waals surface area contributed by atoms with Crippen molar-refractivity contribution >= 4 is 11.9 Å². The third-order valence-corrected chi connectivity index (χ3v) is 3.99. The van der Waals surface area contributed by atoms with Crippen LogP contribution in [0.25, 0.3) is 0 Å². The van der Waals surface area contributed by atoms with E-state index in [-0.39, 0.29) is 11.5 Å². The van der Waals surface area contributed by atoms with Gasteiger partial charge in [-0.3, -0.25) is 14.7 Å². The number of guanidine groups is 1. The van der Waals surface area contributed by atoms with Crippen LogP contribution in [0.5, 0.6) is 0 Å². The fourth-order valence-electron chi connectivity index (χ4n) is 2.56. The zero-order chi connectivity index (χ0) is 17.8. The van der Waals surface area contributed by atoms with Gasteiger partial charge in [0, 0.05) is 38.1 Å². The molecule has 7 heteroatoms. The minimum atomic E-state index is -0.144. The average molecular weight is 342 g/mol. The fraction of sp³-hybridized carbons (Fsp3) is 0.882. The number of nitrogens with one attached hydrogen (secondary N) is 2. The number of rotatable bonds is 9. The summed E-state index contributed by atoms with van der Waals surface area (Å²) in [6.45, 7) is 14.4. The molecule has 0 aromatic heterocycles. The molecule has 0 aromatic carbocycles. The first-order chi connectivity index (χ1) is 11.5. The Morgan fingerprint density at radius 3 is 2.58 bits per heavy atom. The van der Waals surface area contributed by atoms with E-state index < -0.39 is 0 Å². The minimum Gasteiger partial charge on any atom is -0.466 e. The average Bonchev–Trinajstić information content (AvgIpc) is 2.57. The summed E-state index contributed by atoms with van der Waals surface area (Å²) in [5.41, 5.74) is -0.00291. The first-order valence-corrected chi connectivity index (χ1v) is 9.00. The number of esters is 1. The summed E-state index contributed by atoms with van der Waals surface area (Å²) in [6.07, 6.45) is 1.16. The van der Waals surface area contributed by atoms with Crippen LogP contribution in [-0.4, -0.2) is 74.9 Å². The first-order valence-electron chi connectivity index (χ1n) is 9.00. The van der Waals surface area contributed by atoms with Crippen molar-refractivity contribution in [1.82, 2.24) is 15.5 Å². The maximum atomic E-state index is 11.3. The third-order valence-electron chi connectivity index (χ3n) is 3.99. The van der Waals surface area contributed by atoms with Gasteiger partial charge in [-0.05, 0) is 34.1 Å². The standard InChI is InChI=1S/C17H34N4O3/c1-5-18-16(19-9-7-8-15(22)24-6-2)20-14-17(3,4)21-10-12-23-13-11-21/h5-14H2,1-4H3,(H2,18,19,20). The van der Waals surface area contributed by atoms with Crippen molar-refractivity contribution < 1.29 is 14.3 Å². The van der Waals surface area contributed by atoms with Crippen LogP contribution in [0.4, 0.5) is 0 Å². The molecule has 0 bridgehead atoms.